The minimum atomic E-state index is -3.00. The molecular formula is C18H23F3. The molecule has 116 valence electrons. The molecule has 1 aromatic rings. The van der Waals surface area contributed by atoms with E-state index < -0.39 is 17.7 Å². The molecule has 0 radical (unpaired) electrons. The lowest BCUT2D eigenvalue weighted by atomic mass is 9.73. The van der Waals surface area contributed by atoms with E-state index >= 15 is 0 Å². The molecule has 1 unspecified atom stereocenters. The molecule has 1 saturated carbocycles. The molecule has 0 aliphatic heterocycles. The van der Waals surface area contributed by atoms with Crippen LogP contribution in [0, 0.1) is 23.6 Å². The van der Waals surface area contributed by atoms with Gasteiger partial charge < -0.3 is 0 Å². The molecular weight excluding hydrogens is 273 g/mol. The number of hydrogen-bond donors (Lipinski definition) is 0. The van der Waals surface area contributed by atoms with Crippen molar-refractivity contribution >= 4 is 0 Å². The van der Waals surface area contributed by atoms with E-state index in [2.05, 4.69) is 6.92 Å². The largest absolute Gasteiger partial charge is 0.279 e. The quantitative estimate of drug-likeness (QED) is 0.671. The zero-order chi connectivity index (χ0) is 15.0. The molecule has 21 heavy (non-hydrogen) atoms. The van der Waals surface area contributed by atoms with Crippen LogP contribution >= 0.6 is 0 Å². The standard InChI is InChI=1S/C18H23F3/c1-2-4-12-7-9-13(10-8-12)15-11-14-5-3-6-16(19)17(14)18(15,20)21/h3,5-6,12-13,15H,2,4,7-11H2,1H3. The maximum absolute atomic E-state index is 14.7. The normalized spacial score (nSPS) is 31.1. The van der Waals surface area contributed by atoms with Crippen LogP contribution in [0.5, 0.6) is 0 Å². The molecule has 0 N–H and O–H groups in total. The Kier molecular flexibility index (Phi) is 4.02. The van der Waals surface area contributed by atoms with Crippen LogP contribution in [0.2, 0.25) is 0 Å². The molecule has 3 heteroatoms. The van der Waals surface area contributed by atoms with Crippen molar-refractivity contribution in [1.82, 2.24) is 0 Å². The molecule has 1 aromatic carbocycles. The molecule has 2 aliphatic carbocycles. The van der Waals surface area contributed by atoms with Gasteiger partial charge >= 0.3 is 0 Å². The summed E-state index contributed by atoms with van der Waals surface area (Å²) in [5, 5.41) is 0. The van der Waals surface area contributed by atoms with Gasteiger partial charge in [0.2, 0.25) is 0 Å². The highest BCUT2D eigenvalue weighted by atomic mass is 19.3. The second-order valence-corrected chi connectivity index (χ2v) is 6.78. The molecule has 0 spiro atoms. The molecule has 0 heterocycles. The van der Waals surface area contributed by atoms with E-state index in [0.29, 0.717) is 17.9 Å². The van der Waals surface area contributed by atoms with Crippen LogP contribution in [-0.4, -0.2) is 0 Å². The summed E-state index contributed by atoms with van der Waals surface area (Å²) in [6.07, 6.45) is 6.59. The average molecular weight is 296 g/mol. The Balaban J connectivity index is 1.76. The predicted octanol–water partition coefficient (Wildman–Crippen LogP) is 5.70. The van der Waals surface area contributed by atoms with Crippen molar-refractivity contribution in [1.29, 1.82) is 0 Å². The van der Waals surface area contributed by atoms with Crippen LogP contribution in [-0.2, 0) is 12.3 Å². The number of alkyl halides is 2. The topological polar surface area (TPSA) is 0 Å². The Morgan fingerprint density at radius 1 is 1.14 bits per heavy atom. The van der Waals surface area contributed by atoms with E-state index in [1.54, 1.807) is 12.1 Å². The highest BCUT2D eigenvalue weighted by molar-refractivity contribution is 5.38. The van der Waals surface area contributed by atoms with E-state index in [1.807, 2.05) is 0 Å². The highest BCUT2D eigenvalue weighted by Gasteiger charge is 2.53. The third-order valence-corrected chi connectivity index (χ3v) is 5.50. The SMILES string of the molecule is CCCC1CCC(C2Cc3cccc(F)c3C2(F)F)CC1. The molecule has 3 rings (SSSR count). The fraction of sp³-hybridized carbons (Fsp3) is 0.667. The van der Waals surface area contributed by atoms with Gasteiger partial charge in [-0.25, -0.2) is 13.2 Å². The lowest BCUT2D eigenvalue weighted by molar-refractivity contribution is -0.0840. The number of rotatable bonds is 3. The van der Waals surface area contributed by atoms with E-state index in [9.17, 15) is 13.2 Å². The number of fused-ring (bicyclic) bond motifs is 1. The number of halogens is 3. The van der Waals surface area contributed by atoms with Gasteiger partial charge in [-0.2, -0.15) is 0 Å². The molecule has 1 fully saturated rings. The lowest BCUT2D eigenvalue weighted by Gasteiger charge is -2.34. The Bertz CT molecular complexity index is 501. The zero-order valence-electron chi connectivity index (χ0n) is 12.5. The van der Waals surface area contributed by atoms with Crippen molar-refractivity contribution in [2.45, 2.75) is 57.8 Å². The Labute approximate surface area is 124 Å². The van der Waals surface area contributed by atoms with Gasteiger partial charge in [0.15, 0.2) is 0 Å². The number of benzene rings is 1. The molecule has 0 bridgehead atoms. The first kappa shape index (κ1) is 14.9. The fourth-order valence-corrected chi connectivity index (χ4v) is 4.41. The molecule has 0 nitrogen and oxygen atoms in total. The minimum absolute atomic E-state index is 0.0416. The summed E-state index contributed by atoms with van der Waals surface area (Å²) in [5.74, 6) is -3.69. The summed E-state index contributed by atoms with van der Waals surface area (Å²) in [4.78, 5) is 0. The molecule has 0 amide bonds. The van der Waals surface area contributed by atoms with Gasteiger partial charge in [0.25, 0.3) is 5.92 Å². The second kappa shape index (κ2) is 5.66. The Morgan fingerprint density at radius 2 is 1.86 bits per heavy atom. The van der Waals surface area contributed by atoms with Crippen molar-refractivity contribution in [2.75, 3.05) is 0 Å². The Hall–Kier alpha value is -0.990. The first-order valence-electron chi connectivity index (χ1n) is 8.19. The average Bonchev–Trinajstić information content (AvgIpc) is 2.73. The van der Waals surface area contributed by atoms with Gasteiger partial charge in [0, 0.05) is 5.92 Å². The third kappa shape index (κ3) is 2.60. The lowest BCUT2D eigenvalue weighted by Crippen LogP contribution is -2.31. The first-order valence-corrected chi connectivity index (χ1v) is 8.19. The zero-order valence-corrected chi connectivity index (χ0v) is 12.5. The van der Waals surface area contributed by atoms with Gasteiger partial charge in [0.05, 0.1) is 5.56 Å². The summed E-state index contributed by atoms with van der Waals surface area (Å²) >= 11 is 0. The fourth-order valence-electron chi connectivity index (χ4n) is 4.41. The summed E-state index contributed by atoms with van der Waals surface area (Å²) in [6.45, 7) is 2.18. The van der Waals surface area contributed by atoms with Gasteiger partial charge in [-0.1, -0.05) is 44.7 Å². The third-order valence-electron chi connectivity index (χ3n) is 5.50. The minimum Gasteiger partial charge on any atom is -0.206 e. The van der Waals surface area contributed by atoms with E-state index in [1.165, 1.54) is 12.8 Å². The van der Waals surface area contributed by atoms with Crippen LogP contribution in [0.25, 0.3) is 0 Å². The van der Waals surface area contributed by atoms with Crippen molar-refractivity contribution in [3.05, 3.63) is 35.1 Å². The smallest absolute Gasteiger partial charge is 0.206 e. The van der Waals surface area contributed by atoms with Gasteiger partial charge in [-0.05, 0) is 42.7 Å². The van der Waals surface area contributed by atoms with Crippen molar-refractivity contribution in [2.24, 2.45) is 17.8 Å². The van der Waals surface area contributed by atoms with Gasteiger partial charge in [-0.3, -0.25) is 0 Å². The van der Waals surface area contributed by atoms with Crippen molar-refractivity contribution < 1.29 is 13.2 Å². The van der Waals surface area contributed by atoms with Gasteiger partial charge in [0.1, 0.15) is 5.82 Å². The molecule has 0 aromatic heterocycles. The van der Waals surface area contributed by atoms with E-state index in [4.69, 9.17) is 0 Å². The monoisotopic (exact) mass is 296 g/mol. The molecule has 0 saturated heterocycles. The first-order chi connectivity index (χ1) is 10.0. The maximum Gasteiger partial charge on any atom is 0.279 e. The summed E-state index contributed by atoms with van der Waals surface area (Å²) in [5.41, 5.74) is 0.186. The van der Waals surface area contributed by atoms with Gasteiger partial charge in [-0.15, -0.1) is 0 Å². The maximum atomic E-state index is 14.7. The van der Waals surface area contributed by atoms with Crippen LogP contribution in [0.1, 0.15) is 56.6 Å². The highest BCUT2D eigenvalue weighted by Crippen LogP contribution is 2.53. The number of hydrogen-bond acceptors (Lipinski definition) is 0. The van der Waals surface area contributed by atoms with Crippen LogP contribution in [0.15, 0.2) is 18.2 Å². The van der Waals surface area contributed by atoms with Crippen molar-refractivity contribution in [3.8, 4) is 0 Å². The van der Waals surface area contributed by atoms with Crippen LogP contribution < -0.4 is 0 Å². The summed E-state index contributed by atoms with van der Waals surface area (Å²) in [7, 11) is 0. The van der Waals surface area contributed by atoms with Crippen molar-refractivity contribution in [3.63, 3.8) is 0 Å². The second-order valence-electron chi connectivity index (χ2n) is 6.78. The predicted molar refractivity (Wildman–Crippen MR) is 77.8 cm³/mol. The van der Waals surface area contributed by atoms with Crippen LogP contribution in [0.3, 0.4) is 0 Å². The molecule has 2 aliphatic rings. The molecule has 1 atom stereocenters. The summed E-state index contributed by atoms with van der Waals surface area (Å²) < 4.78 is 43.1. The van der Waals surface area contributed by atoms with E-state index in [-0.39, 0.29) is 11.5 Å². The summed E-state index contributed by atoms with van der Waals surface area (Å²) in [6, 6.07) is 4.37. The van der Waals surface area contributed by atoms with E-state index in [0.717, 1.165) is 31.7 Å². The Morgan fingerprint density at radius 3 is 2.48 bits per heavy atom. The van der Waals surface area contributed by atoms with Crippen LogP contribution in [0.4, 0.5) is 13.2 Å².